The molecule has 1 heterocycles. The Labute approximate surface area is 193 Å². The summed E-state index contributed by atoms with van der Waals surface area (Å²) in [5.74, 6) is 0.729. The molecular formula is C25H35Cl2FN2. The first-order valence-electron chi connectivity index (χ1n) is 10.9. The second-order valence-electron chi connectivity index (χ2n) is 8.89. The molecule has 1 saturated heterocycles. The molecule has 30 heavy (non-hydrogen) atoms. The van der Waals surface area contributed by atoms with E-state index >= 15 is 0 Å². The Morgan fingerprint density at radius 3 is 2.33 bits per heavy atom. The molecule has 0 radical (unpaired) electrons. The highest BCUT2D eigenvalue weighted by molar-refractivity contribution is 5.85. The van der Waals surface area contributed by atoms with Crippen LogP contribution in [0.15, 0.2) is 48.5 Å². The van der Waals surface area contributed by atoms with E-state index in [1.165, 1.54) is 43.5 Å². The molecule has 2 nitrogen and oxygen atoms in total. The predicted molar refractivity (Wildman–Crippen MR) is 128 cm³/mol. The van der Waals surface area contributed by atoms with Crippen molar-refractivity contribution in [2.45, 2.75) is 57.0 Å². The molecule has 1 N–H and O–H groups in total. The van der Waals surface area contributed by atoms with Gasteiger partial charge in [0.05, 0.1) is 0 Å². The van der Waals surface area contributed by atoms with Crippen molar-refractivity contribution in [3.63, 3.8) is 0 Å². The van der Waals surface area contributed by atoms with Crippen molar-refractivity contribution in [2.24, 2.45) is 5.92 Å². The second kappa shape index (κ2) is 11.5. The maximum Gasteiger partial charge on any atom is 0.128 e. The lowest BCUT2D eigenvalue weighted by Crippen LogP contribution is -2.40. The van der Waals surface area contributed by atoms with Crippen molar-refractivity contribution in [2.75, 3.05) is 20.1 Å². The summed E-state index contributed by atoms with van der Waals surface area (Å²) in [6.45, 7) is 3.24. The lowest BCUT2D eigenvalue weighted by atomic mass is 9.87. The molecule has 0 amide bonds. The Balaban J connectivity index is 0.00000160. The molecule has 1 saturated carbocycles. The minimum atomic E-state index is -0.213. The molecule has 0 spiro atoms. The summed E-state index contributed by atoms with van der Waals surface area (Å²) in [6.07, 6.45) is 8.15. The van der Waals surface area contributed by atoms with Gasteiger partial charge in [0, 0.05) is 17.6 Å². The summed E-state index contributed by atoms with van der Waals surface area (Å²) in [4.78, 5) is 2.43. The van der Waals surface area contributed by atoms with Crippen molar-refractivity contribution in [3.8, 4) is 0 Å². The SMILES string of the molecule is CN1CCC(Cc2cccc(CNC3(c4ccccc4F)CCCC3)c2)CC1.Cl.Cl. The molecule has 2 aromatic rings. The van der Waals surface area contributed by atoms with E-state index in [4.69, 9.17) is 0 Å². The first kappa shape index (κ1) is 25.1. The molecule has 1 aliphatic heterocycles. The molecule has 5 heteroatoms. The smallest absolute Gasteiger partial charge is 0.128 e. The van der Waals surface area contributed by atoms with Crippen LogP contribution in [0, 0.1) is 11.7 Å². The number of benzene rings is 2. The van der Waals surface area contributed by atoms with Crippen LogP contribution in [-0.4, -0.2) is 25.0 Å². The van der Waals surface area contributed by atoms with E-state index in [0.29, 0.717) is 0 Å². The number of likely N-dealkylation sites (tertiary alicyclic amines) is 1. The minimum Gasteiger partial charge on any atom is -0.306 e. The average Bonchev–Trinajstić information content (AvgIpc) is 3.19. The van der Waals surface area contributed by atoms with Gasteiger partial charge < -0.3 is 10.2 Å². The number of nitrogens with zero attached hydrogens (tertiary/aromatic N) is 1. The molecule has 4 rings (SSSR count). The summed E-state index contributed by atoms with van der Waals surface area (Å²) in [7, 11) is 2.22. The van der Waals surface area contributed by atoms with Gasteiger partial charge in [-0.3, -0.25) is 0 Å². The third-order valence-corrected chi connectivity index (χ3v) is 6.83. The highest BCUT2D eigenvalue weighted by atomic mass is 35.5. The Morgan fingerprint density at radius 2 is 1.63 bits per heavy atom. The van der Waals surface area contributed by atoms with Gasteiger partial charge in [-0.25, -0.2) is 4.39 Å². The van der Waals surface area contributed by atoms with Gasteiger partial charge in [-0.2, -0.15) is 0 Å². The zero-order valence-electron chi connectivity index (χ0n) is 17.9. The summed E-state index contributed by atoms with van der Waals surface area (Å²) in [5, 5.41) is 3.76. The molecule has 0 unspecified atom stereocenters. The van der Waals surface area contributed by atoms with Crippen LogP contribution < -0.4 is 5.32 Å². The van der Waals surface area contributed by atoms with Crippen molar-refractivity contribution in [1.82, 2.24) is 10.2 Å². The quantitative estimate of drug-likeness (QED) is 0.568. The fourth-order valence-electron chi connectivity index (χ4n) is 5.11. The van der Waals surface area contributed by atoms with E-state index in [-0.39, 0.29) is 36.2 Å². The van der Waals surface area contributed by atoms with Crippen molar-refractivity contribution in [3.05, 3.63) is 71.0 Å². The number of rotatable bonds is 6. The van der Waals surface area contributed by atoms with E-state index in [0.717, 1.165) is 43.7 Å². The number of hydrogen-bond acceptors (Lipinski definition) is 2. The Morgan fingerprint density at radius 1 is 0.967 bits per heavy atom. The molecule has 166 valence electrons. The van der Waals surface area contributed by atoms with E-state index in [9.17, 15) is 4.39 Å². The predicted octanol–water partition coefficient (Wildman–Crippen LogP) is 6.11. The second-order valence-corrected chi connectivity index (χ2v) is 8.89. The zero-order chi connectivity index (χ0) is 19.4. The third kappa shape index (κ3) is 5.97. The van der Waals surface area contributed by atoms with Gasteiger partial charge in [0.1, 0.15) is 5.82 Å². The highest BCUT2D eigenvalue weighted by Crippen LogP contribution is 2.40. The third-order valence-electron chi connectivity index (χ3n) is 6.83. The fraction of sp³-hybridized carbons (Fsp3) is 0.520. The van der Waals surface area contributed by atoms with Crippen LogP contribution in [0.5, 0.6) is 0 Å². The van der Waals surface area contributed by atoms with Crippen LogP contribution in [0.4, 0.5) is 4.39 Å². The van der Waals surface area contributed by atoms with Crippen molar-refractivity contribution >= 4 is 24.8 Å². The number of piperidine rings is 1. The molecule has 1 aliphatic carbocycles. The monoisotopic (exact) mass is 452 g/mol. The molecule has 0 aromatic heterocycles. The molecular weight excluding hydrogens is 418 g/mol. The van der Waals surface area contributed by atoms with Gasteiger partial charge in [0.15, 0.2) is 0 Å². The normalized spacial score (nSPS) is 19.1. The Kier molecular flexibility index (Phi) is 9.62. The van der Waals surface area contributed by atoms with Gasteiger partial charge in [0.25, 0.3) is 0 Å². The molecule has 2 aromatic carbocycles. The fourth-order valence-corrected chi connectivity index (χ4v) is 5.11. The number of halogens is 3. The summed E-state index contributed by atoms with van der Waals surface area (Å²) >= 11 is 0. The van der Waals surface area contributed by atoms with Gasteiger partial charge >= 0.3 is 0 Å². The van der Waals surface area contributed by atoms with Crippen LogP contribution in [0.2, 0.25) is 0 Å². The van der Waals surface area contributed by atoms with Gasteiger partial charge in [0.2, 0.25) is 0 Å². The molecule has 0 bridgehead atoms. The highest BCUT2D eigenvalue weighted by Gasteiger charge is 2.36. The first-order chi connectivity index (χ1) is 13.6. The van der Waals surface area contributed by atoms with Crippen LogP contribution in [0.3, 0.4) is 0 Å². The van der Waals surface area contributed by atoms with E-state index in [1.54, 1.807) is 12.1 Å². The summed E-state index contributed by atoms with van der Waals surface area (Å²) in [6, 6.07) is 16.3. The van der Waals surface area contributed by atoms with Crippen LogP contribution in [0.1, 0.15) is 55.2 Å². The number of nitrogens with one attached hydrogen (secondary N) is 1. The van der Waals surface area contributed by atoms with Gasteiger partial charge in [-0.15, -0.1) is 24.8 Å². The standard InChI is InChI=1S/C25H33FN2.2ClH/c1-28-15-11-20(12-16-28)17-21-7-6-8-22(18-21)19-27-25(13-4-5-14-25)23-9-2-3-10-24(23)26;;/h2-3,6-10,18,20,27H,4-5,11-17,19H2,1H3;2*1H. The van der Waals surface area contributed by atoms with Crippen molar-refractivity contribution in [1.29, 1.82) is 0 Å². The maximum absolute atomic E-state index is 14.5. The topological polar surface area (TPSA) is 15.3 Å². The Bertz CT molecular complexity index is 784. The van der Waals surface area contributed by atoms with Crippen LogP contribution in [0.25, 0.3) is 0 Å². The molecule has 0 atom stereocenters. The number of hydrogen-bond donors (Lipinski definition) is 1. The zero-order valence-corrected chi connectivity index (χ0v) is 19.5. The van der Waals surface area contributed by atoms with E-state index in [2.05, 4.69) is 41.5 Å². The van der Waals surface area contributed by atoms with Gasteiger partial charge in [-0.05, 0) is 75.4 Å². The van der Waals surface area contributed by atoms with E-state index < -0.39 is 0 Å². The average molecular weight is 453 g/mol. The van der Waals surface area contributed by atoms with Crippen LogP contribution >= 0.6 is 24.8 Å². The van der Waals surface area contributed by atoms with E-state index in [1.807, 2.05) is 12.1 Å². The van der Waals surface area contributed by atoms with Crippen molar-refractivity contribution < 1.29 is 4.39 Å². The van der Waals surface area contributed by atoms with Gasteiger partial charge in [-0.1, -0.05) is 55.3 Å². The summed E-state index contributed by atoms with van der Waals surface area (Å²) in [5.41, 5.74) is 3.39. The van der Waals surface area contributed by atoms with Crippen LogP contribution in [-0.2, 0) is 18.5 Å². The first-order valence-corrected chi connectivity index (χ1v) is 10.9. The lowest BCUT2D eigenvalue weighted by molar-refractivity contribution is 0.219. The molecule has 2 aliphatic rings. The Hall–Kier alpha value is -1.13. The lowest BCUT2D eigenvalue weighted by Gasteiger charge is -2.32. The summed E-state index contributed by atoms with van der Waals surface area (Å²) < 4.78 is 14.5. The molecule has 2 fully saturated rings. The minimum absolute atomic E-state index is 0. The largest absolute Gasteiger partial charge is 0.306 e. The maximum atomic E-state index is 14.5.